The fraction of sp³-hybridized carbons (Fsp3) is 0.333. The van der Waals surface area contributed by atoms with E-state index in [1.54, 1.807) is 35.3 Å². The minimum atomic E-state index is -0.849. The Bertz CT molecular complexity index is 851. The number of benzene rings is 1. The number of hydrazine groups is 1. The molecular weight excluding hydrogens is 372 g/mol. The molecule has 1 amide bonds. The predicted molar refractivity (Wildman–Crippen MR) is 102 cm³/mol. The van der Waals surface area contributed by atoms with Crippen molar-refractivity contribution in [3.63, 3.8) is 0 Å². The molecule has 9 heteroatoms. The number of anilines is 1. The molecule has 1 aromatic heterocycles. The molecule has 27 heavy (non-hydrogen) atoms. The number of hydrogen-bond acceptors (Lipinski definition) is 6. The Morgan fingerprint density at radius 1 is 1.33 bits per heavy atom. The van der Waals surface area contributed by atoms with Crippen LogP contribution < -0.4 is 16.3 Å². The van der Waals surface area contributed by atoms with Crippen molar-refractivity contribution in [3.8, 4) is 0 Å². The topological polar surface area (TPSA) is 107 Å². The van der Waals surface area contributed by atoms with E-state index in [1.807, 2.05) is 0 Å². The number of aromatic amines is 1. The molecule has 1 aliphatic heterocycles. The summed E-state index contributed by atoms with van der Waals surface area (Å²) >= 11 is 5.94. The van der Waals surface area contributed by atoms with E-state index in [1.165, 1.54) is 6.20 Å². The number of nitrogens with one attached hydrogen (secondary N) is 3. The van der Waals surface area contributed by atoms with Crippen LogP contribution in [0.25, 0.3) is 0 Å². The van der Waals surface area contributed by atoms with E-state index < -0.39 is 17.6 Å². The second-order valence-corrected chi connectivity index (χ2v) is 6.52. The summed E-state index contributed by atoms with van der Waals surface area (Å²) in [5.41, 5.74) is 3.14. The Hall–Kier alpha value is -2.39. The normalized spacial score (nSPS) is 15.9. The van der Waals surface area contributed by atoms with E-state index in [0.29, 0.717) is 42.6 Å². The third kappa shape index (κ3) is 5.08. The largest absolute Gasteiger partial charge is 0.387 e. The van der Waals surface area contributed by atoms with Gasteiger partial charge in [0.15, 0.2) is 0 Å². The Morgan fingerprint density at radius 2 is 2.11 bits per heavy atom. The van der Waals surface area contributed by atoms with Crippen LogP contribution in [0.5, 0.6) is 0 Å². The van der Waals surface area contributed by atoms with Gasteiger partial charge in [0.1, 0.15) is 5.56 Å². The van der Waals surface area contributed by atoms with Gasteiger partial charge >= 0.3 is 0 Å². The maximum absolute atomic E-state index is 12.6. The Kier molecular flexibility index (Phi) is 6.46. The van der Waals surface area contributed by atoms with Crippen LogP contribution in [-0.4, -0.2) is 53.9 Å². The van der Waals surface area contributed by atoms with E-state index in [0.717, 1.165) is 0 Å². The van der Waals surface area contributed by atoms with Crippen LogP contribution in [-0.2, 0) is 4.74 Å². The maximum atomic E-state index is 12.6. The van der Waals surface area contributed by atoms with Crippen LogP contribution in [0.1, 0.15) is 22.0 Å². The van der Waals surface area contributed by atoms with Crippen LogP contribution in [0.2, 0.25) is 5.02 Å². The smallest absolute Gasteiger partial charge is 0.273 e. The maximum Gasteiger partial charge on any atom is 0.273 e. The van der Waals surface area contributed by atoms with Gasteiger partial charge in [-0.1, -0.05) is 23.7 Å². The molecule has 2 heterocycles. The van der Waals surface area contributed by atoms with Crippen molar-refractivity contribution in [1.29, 1.82) is 0 Å². The van der Waals surface area contributed by atoms with Crippen molar-refractivity contribution in [3.05, 3.63) is 63.0 Å². The Morgan fingerprint density at radius 3 is 2.85 bits per heavy atom. The second-order valence-electron chi connectivity index (χ2n) is 6.09. The van der Waals surface area contributed by atoms with Crippen LogP contribution in [0.15, 0.2) is 41.3 Å². The minimum absolute atomic E-state index is 0.0396. The number of pyridine rings is 1. The van der Waals surface area contributed by atoms with Crippen molar-refractivity contribution < 1.29 is 14.6 Å². The molecule has 0 bridgehead atoms. The molecule has 2 aromatic rings. The number of aromatic nitrogens is 1. The molecule has 0 spiro atoms. The lowest BCUT2D eigenvalue weighted by molar-refractivity contribution is 0.0126. The third-order valence-corrected chi connectivity index (χ3v) is 4.41. The standard InChI is InChI=1S/C18H21ClN4O4/c19-13-3-1-2-12(10-13)15(24)11-21-14-4-5-20-17(25)16(14)18(26)22-23-6-8-27-9-7-23/h1-5,10,15,24H,6-9,11H2,(H,22,26)(H2,20,21,25). The molecule has 1 aliphatic rings. The number of hydrogen-bond donors (Lipinski definition) is 4. The summed E-state index contributed by atoms with van der Waals surface area (Å²) in [5.74, 6) is -0.515. The van der Waals surface area contributed by atoms with Crippen LogP contribution >= 0.6 is 11.6 Å². The molecule has 1 fully saturated rings. The molecule has 8 nitrogen and oxygen atoms in total. The summed E-state index contributed by atoms with van der Waals surface area (Å²) in [6.45, 7) is 2.24. The van der Waals surface area contributed by atoms with Gasteiger partial charge in [-0.2, -0.15) is 0 Å². The highest BCUT2D eigenvalue weighted by atomic mass is 35.5. The molecule has 0 aliphatic carbocycles. The van der Waals surface area contributed by atoms with E-state index >= 15 is 0 Å². The predicted octanol–water partition coefficient (Wildman–Crippen LogP) is 1.15. The summed E-state index contributed by atoms with van der Waals surface area (Å²) < 4.78 is 5.24. The molecule has 0 saturated carbocycles. The van der Waals surface area contributed by atoms with Crippen LogP contribution in [0.3, 0.4) is 0 Å². The number of aliphatic hydroxyl groups is 1. The van der Waals surface area contributed by atoms with E-state index in [-0.39, 0.29) is 12.1 Å². The summed E-state index contributed by atoms with van der Waals surface area (Å²) in [7, 11) is 0. The van der Waals surface area contributed by atoms with Crippen LogP contribution in [0, 0.1) is 0 Å². The number of aliphatic hydroxyl groups excluding tert-OH is 1. The second kappa shape index (κ2) is 9.01. The highest BCUT2D eigenvalue weighted by Crippen LogP contribution is 2.19. The van der Waals surface area contributed by atoms with Crippen LogP contribution in [0.4, 0.5) is 5.69 Å². The zero-order valence-electron chi connectivity index (χ0n) is 14.6. The fourth-order valence-electron chi connectivity index (χ4n) is 2.76. The van der Waals surface area contributed by atoms with E-state index in [2.05, 4.69) is 15.7 Å². The zero-order chi connectivity index (χ0) is 19.2. The summed E-state index contributed by atoms with van der Waals surface area (Å²) in [6, 6.07) is 8.46. The van der Waals surface area contributed by atoms with Gasteiger partial charge in [-0.25, -0.2) is 5.01 Å². The molecule has 1 saturated heterocycles. The van der Waals surface area contributed by atoms with Crippen molar-refractivity contribution in [2.75, 3.05) is 38.2 Å². The van der Waals surface area contributed by atoms with E-state index in [9.17, 15) is 14.7 Å². The average Bonchev–Trinajstić information content (AvgIpc) is 2.66. The van der Waals surface area contributed by atoms with Gasteiger partial charge in [-0.05, 0) is 23.8 Å². The van der Waals surface area contributed by atoms with Gasteiger partial charge in [-0.15, -0.1) is 0 Å². The van der Waals surface area contributed by atoms with Gasteiger partial charge in [0.2, 0.25) is 0 Å². The number of halogens is 1. The minimum Gasteiger partial charge on any atom is -0.387 e. The Labute approximate surface area is 161 Å². The molecule has 1 unspecified atom stereocenters. The molecule has 3 rings (SSSR count). The first kappa shape index (κ1) is 19.4. The summed E-state index contributed by atoms with van der Waals surface area (Å²) in [6.07, 6.45) is 0.597. The number of ether oxygens (including phenoxy) is 1. The SMILES string of the molecule is O=C(NN1CCOCC1)c1c(NCC(O)c2cccc(Cl)c2)cc[nH]c1=O. The monoisotopic (exact) mass is 392 g/mol. The van der Waals surface area contributed by atoms with Crippen molar-refractivity contribution >= 4 is 23.2 Å². The molecular formula is C18H21ClN4O4. The first-order valence-corrected chi connectivity index (χ1v) is 8.95. The van der Waals surface area contributed by atoms with Gasteiger partial charge in [-0.3, -0.25) is 15.0 Å². The lowest BCUT2D eigenvalue weighted by Crippen LogP contribution is -2.49. The number of amides is 1. The zero-order valence-corrected chi connectivity index (χ0v) is 15.3. The first-order chi connectivity index (χ1) is 13.0. The molecule has 144 valence electrons. The van der Waals surface area contributed by atoms with Crippen molar-refractivity contribution in [2.24, 2.45) is 0 Å². The third-order valence-electron chi connectivity index (χ3n) is 4.18. The number of nitrogens with zero attached hydrogens (tertiary/aromatic N) is 1. The van der Waals surface area contributed by atoms with Crippen molar-refractivity contribution in [2.45, 2.75) is 6.10 Å². The molecule has 4 N–H and O–H groups in total. The molecule has 1 atom stereocenters. The number of H-pyrrole nitrogens is 1. The lowest BCUT2D eigenvalue weighted by Gasteiger charge is -2.27. The number of carbonyl (C=O) groups is 1. The lowest BCUT2D eigenvalue weighted by atomic mass is 10.1. The highest BCUT2D eigenvalue weighted by molar-refractivity contribution is 6.30. The summed E-state index contributed by atoms with van der Waals surface area (Å²) in [5, 5.41) is 15.5. The molecule has 0 radical (unpaired) electrons. The highest BCUT2D eigenvalue weighted by Gasteiger charge is 2.20. The Balaban J connectivity index is 1.71. The van der Waals surface area contributed by atoms with E-state index in [4.69, 9.17) is 16.3 Å². The number of rotatable bonds is 6. The van der Waals surface area contributed by atoms with Crippen molar-refractivity contribution in [1.82, 2.24) is 15.4 Å². The van der Waals surface area contributed by atoms with Gasteiger partial charge < -0.3 is 20.1 Å². The summed E-state index contributed by atoms with van der Waals surface area (Å²) in [4.78, 5) is 27.3. The average molecular weight is 393 g/mol. The van der Waals surface area contributed by atoms with Gasteiger partial charge in [0, 0.05) is 30.9 Å². The molecule has 1 aromatic carbocycles. The quantitative estimate of drug-likeness (QED) is 0.587. The van der Waals surface area contributed by atoms with Gasteiger partial charge in [0.05, 0.1) is 25.0 Å². The first-order valence-electron chi connectivity index (χ1n) is 8.57. The fourth-order valence-corrected chi connectivity index (χ4v) is 2.96. The number of morpholine rings is 1. The van der Waals surface area contributed by atoms with Gasteiger partial charge in [0.25, 0.3) is 11.5 Å². The number of carbonyl (C=O) groups excluding carboxylic acids is 1.